The predicted molar refractivity (Wildman–Crippen MR) is 84.9 cm³/mol. The lowest BCUT2D eigenvalue weighted by Gasteiger charge is -2.16. The maximum Gasteiger partial charge on any atom is 0.272 e. The van der Waals surface area contributed by atoms with E-state index < -0.39 is 10.7 Å². The molecule has 25 heavy (non-hydrogen) atoms. The van der Waals surface area contributed by atoms with Gasteiger partial charge in [0.05, 0.1) is 35.3 Å². The molecule has 0 aliphatic carbocycles. The van der Waals surface area contributed by atoms with E-state index in [2.05, 4.69) is 10.3 Å². The number of nitrogens with zero attached hydrogens (tertiary/aromatic N) is 5. The van der Waals surface area contributed by atoms with Crippen molar-refractivity contribution in [2.75, 3.05) is 13.1 Å². The minimum absolute atomic E-state index is 0.0125. The molecule has 1 unspecified atom stereocenters. The third-order valence-electron chi connectivity index (χ3n) is 4.25. The van der Waals surface area contributed by atoms with Crippen LogP contribution in [-0.2, 0) is 17.8 Å². The molecule has 9 nitrogen and oxygen atoms in total. The summed E-state index contributed by atoms with van der Waals surface area (Å²) in [5, 5.41) is 18.6. The van der Waals surface area contributed by atoms with Gasteiger partial charge in [0.15, 0.2) is 0 Å². The molecule has 1 aliphatic rings. The van der Waals surface area contributed by atoms with Crippen LogP contribution in [0, 0.1) is 15.9 Å². The largest absolute Gasteiger partial charge is 0.340 e. The van der Waals surface area contributed by atoms with Crippen molar-refractivity contribution >= 4 is 11.6 Å². The van der Waals surface area contributed by atoms with Crippen LogP contribution in [0.5, 0.6) is 0 Å². The number of amides is 1. The average molecular weight is 348 g/mol. The summed E-state index contributed by atoms with van der Waals surface area (Å²) >= 11 is 0. The first kappa shape index (κ1) is 17.0. The van der Waals surface area contributed by atoms with Crippen molar-refractivity contribution in [2.24, 2.45) is 5.73 Å². The van der Waals surface area contributed by atoms with E-state index in [9.17, 15) is 19.3 Å². The Bertz CT molecular complexity index is 808. The smallest absolute Gasteiger partial charge is 0.272 e. The highest BCUT2D eigenvalue weighted by atomic mass is 19.1. The summed E-state index contributed by atoms with van der Waals surface area (Å²) < 4.78 is 15.6. The molecule has 3 rings (SSSR count). The van der Waals surface area contributed by atoms with Gasteiger partial charge in [-0.25, -0.2) is 9.07 Å². The SMILES string of the molecule is NCc1cn(C2CCN(C(=O)Cc3ccc([N+](=O)[O-])cc3F)C2)nn1. The number of non-ortho nitro benzene ring substituents is 1. The molecular weight excluding hydrogens is 331 g/mol. The number of benzene rings is 1. The van der Waals surface area contributed by atoms with Crippen LogP contribution in [0.15, 0.2) is 24.4 Å². The maximum atomic E-state index is 13.9. The zero-order valence-corrected chi connectivity index (χ0v) is 13.3. The number of halogens is 1. The number of nitrogens with two attached hydrogens (primary N) is 1. The highest BCUT2D eigenvalue weighted by Gasteiger charge is 2.28. The number of carbonyl (C=O) groups excluding carboxylic acids is 1. The lowest BCUT2D eigenvalue weighted by molar-refractivity contribution is -0.385. The van der Waals surface area contributed by atoms with Gasteiger partial charge in [-0.15, -0.1) is 5.10 Å². The van der Waals surface area contributed by atoms with Crippen LogP contribution in [0.4, 0.5) is 10.1 Å². The van der Waals surface area contributed by atoms with E-state index in [1.54, 1.807) is 15.8 Å². The maximum absolute atomic E-state index is 13.9. The second-order valence-electron chi connectivity index (χ2n) is 5.89. The summed E-state index contributed by atoms with van der Waals surface area (Å²) in [5.74, 6) is -0.975. The lowest BCUT2D eigenvalue weighted by atomic mass is 10.1. The van der Waals surface area contributed by atoms with Crippen LogP contribution < -0.4 is 5.73 Å². The van der Waals surface area contributed by atoms with E-state index in [-0.39, 0.29) is 29.6 Å². The van der Waals surface area contributed by atoms with E-state index in [1.165, 1.54) is 12.1 Å². The fourth-order valence-corrected chi connectivity index (χ4v) is 2.84. The summed E-state index contributed by atoms with van der Waals surface area (Å²) in [5.41, 5.74) is 5.99. The van der Waals surface area contributed by atoms with Gasteiger partial charge in [-0.3, -0.25) is 14.9 Å². The number of rotatable bonds is 5. The number of hydrogen-bond acceptors (Lipinski definition) is 6. The van der Waals surface area contributed by atoms with Crippen molar-refractivity contribution in [3.63, 3.8) is 0 Å². The van der Waals surface area contributed by atoms with Gasteiger partial charge in [0.25, 0.3) is 5.69 Å². The van der Waals surface area contributed by atoms with Crippen molar-refractivity contribution in [2.45, 2.75) is 25.4 Å². The molecule has 1 atom stereocenters. The lowest BCUT2D eigenvalue weighted by Crippen LogP contribution is -2.30. The van der Waals surface area contributed by atoms with Crippen LogP contribution >= 0.6 is 0 Å². The molecular formula is C15H17FN6O3. The van der Waals surface area contributed by atoms with Crippen LogP contribution in [0.25, 0.3) is 0 Å². The van der Waals surface area contributed by atoms with Crippen molar-refractivity contribution in [1.29, 1.82) is 0 Å². The molecule has 1 aromatic carbocycles. The third-order valence-corrected chi connectivity index (χ3v) is 4.25. The van der Waals surface area contributed by atoms with Gasteiger partial charge in [-0.1, -0.05) is 5.21 Å². The highest BCUT2D eigenvalue weighted by Crippen LogP contribution is 2.23. The number of hydrogen-bond donors (Lipinski definition) is 1. The Morgan fingerprint density at radius 1 is 1.48 bits per heavy atom. The zero-order valence-electron chi connectivity index (χ0n) is 13.3. The topological polar surface area (TPSA) is 120 Å². The van der Waals surface area contributed by atoms with Gasteiger partial charge in [0, 0.05) is 25.7 Å². The fourth-order valence-electron chi connectivity index (χ4n) is 2.84. The normalized spacial score (nSPS) is 17.0. The van der Waals surface area contributed by atoms with Crippen molar-refractivity contribution in [3.8, 4) is 0 Å². The first-order valence-corrected chi connectivity index (χ1v) is 7.79. The Labute approximate surface area is 142 Å². The van der Waals surface area contributed by atoms with E-state index in [0.29, 0.717) is 25.3 Å². The van der Waals surface area contributed by atoms with Gasteiger partial charge >= 0.3 is 0 Å². The monoisotopic (exact) mass is 348 g/mol. The number of likely N-dealkylation sites (tertiary alicyclic amines) is 1. The van der Waals surface area contributed by atoms with Gasteiger partial charge in [0.2, 0.25) is 5.91 Å². The van der Waals surface area contributed by atoms with Gasteiger partial charge in [0.1, 0.15) is 5.82 Å². The molecule has 0 saturated carbocycles. The molecule has 1 aliphatic heterocycles. The van der Waals surface area contributed by atoms with Crippen LogP contribution in [0.1, 0.15) is 23.7 Å². The molecule has 1 amide bonds. The second kappa shape index (κ2) is 6.93. The van der Waals surface area contributed by atoms with Crippen LogP contribution in [0.3, 0.4) is 0 Å². The van der Waals surface area contributed by atoms with E-state index in [1.807, 2.05) is 0 Å². The van der Waals surface area contributed by atoms with Crippen LogP contribution in [-0.4, -0.2) is 43.8 Å². The molecule has 1 fully saturated rings. The Morgan fingerprint density at radius 3 is 2.92 bits per heavy atom. The third kappa shape index (κ3) is 3.63. The Morgan fingerprint density at radius 2 is 2.28 bits per heavy atom. The number of carbonyl (C=O) groups is 1. The fraction of sp³-hybridized carbons (Fsp3) is 0.400. The first-order chi connectivity index (χ1) is 12.0. The van der Waals surface area contributed by atoms with E-state index in [0.717, 1.165) is 12.5 Å². The summed E-state index contributed by atoms with van der Waals surface area (Å²) in [6.07, 6.45) is 2.35. The Kier molecular flexibility index (Phi) is 4.70. The molecule has 2 aromatic rings. The van der Waals surface area contributed by atoms with E-state index in [4.69, 9.17) is 5.73 Å². The molecule has 0 radical (unpaired) electrons. The summed E-state index contributed by atoms with van der Waals surface area (Å²) in [4.78, 5) is 24.0. The minimum atomic E-state index is -0.748. The standard InChI is InChI=1S/C15H17FN6O3/c16-14-6-12(22(24)25)2-1-10(14)5-15(23)20-4-3-13(9-20)21-8-11(7-17)18-19-21/h1-2,6,8,13H,3-5,7,9,17H2. The van der Waals surface area contributed by atoms with Crippen molar-refractivity contribution < 1.29 is 14.1 Å². The minimum Gasteiger partial charge on any atom is -0.340 e. The number of nitro benzene ring substituents is 1. The molecule has 0 bridgehead atoms. The predicted octanol–water partition coefficient (Wildman–Crippen LogP) is 0.800. The zero-order chi connectivity index (χ0) is 18.0. The number of nitro groups is 1. The van der Waals surface area contributed by atoms with Crippen LogP contribution in [0.2, 0.25) is 0 Å². The summed E-state index contributed by atoms with van der Waals surface area (Å²) in [7, 11) is 0. The molecule has 2 N–H and O–H groups in total. The summed E-state index contributed by atoms with van der Waals surface area (Å²) in [6.45, 7) is 1.30. The molecule has 1 aromatic heterocycles. The highest BCUT2D eigenvalue weighted by molar-refractivity contribution is 5.79. The van der Waals surface area contributed by atoms with Gasteiger partial charge in [-0.05, 0) is 18.1 Å². The molecule has 132 valence electrons. The Hall–Kier alpha value is -2.88. The van der Waals surface area contributed by atoms with Crippen molar-refractivity contribution in [1.82, 2.24) is 19.9 Å². The molecule has 10 heteroatoms. The molecule has 2 heterocycles. The van der Waals surface area contributed by atoms with Gasteiger partial charge < -0.3 is 10.6 Å². The first-order valence-electron chi connectivity index (χ1n) is 7.79. The summed E-state index contributed by atoms with van der Waals surface area (Å²) in [6, 6.07) is 3.32. The second-order valence-corrected chi connectivity index (χ2v) is 5.89. The molecule has 0 spiro atoms. The average Bonchev–Trinajstić information content (AvgIpc) is 3.25. The van der Waals surface area contributed by atoms with E-state index >= 15 is 0 Å². The quantitative estimate of drug-likeness (QED) is 0.630. The molecule has 1 saturated heterocycles. The van der Waals surface area contributed by atoms with Crippen molar-refractivity contribution in [3.05, 3.63) is 51.6 Å². The number of aromatic nitrogens is 3. The van der Waals surface area contributed by atoms with Gasteiger partial charge in [-0.2, -0.15) is 0 Å². The Balaban J connectivity index is 1.63.